The number of amides is 2. The molecule has 2 amide bonds. The summed E-state index contributed by atoms with van der Waals surface area (Å²) in [4.78, 5) is 24.8. The van der Waals surface area contributed by atoms with Gasteiger partial charge < -0.3 is 20.1 Å². The maximum atomic E-state index is 12.1. The molecule has 3 atom stereocenters. The van der Waals surface area contributed by atoms with Crippen LogP contribution in [0.1, 0.15) is 38.5 Å². The van der Waals surface area contributed by atoms with Gasteiger partial charge in [-0.2, -0.15) is 0 Å². The molecule has 3 unspecified atom stereocenters. The van der Waals surface area contributed by atoms with Crippen molar-refractivity contribution in [2.75, 3.05) is 26.7 Å². The van der Waals surface area contributed by atoms with E-state index in [1.54, 1.807) is 11.9 Å². The first kappa shape index (κ1) is 16.1. The predicted molar refractivity (Wildman–Crippen MR) is 78.1 cm³/mol. The molecule has 2 rings (SSSR count). The number of carboxylic acid groups (broad SMARTS) is 1. The molecule has 6 nitrogen and oxygen atoms in total. The third-order valence-corrected chi connectivity index (χ3v) is 4.59. The number of hydrogen-bond donors (Lipinski definition) is 2. The molecular formula is C15H26N2O4. The highest BCUT2D eigenvalue weighted by Gasteiger charge is 2.33. The number of likely N-dealkylation sites (N-methyl/N-ethyl adjacent to an activating group) is 1. The Bertz CT molecular complexity index is 369. The van der Waals surface area contributed by atoms with Gasteiger partial charge in [-0.05, 0) is 38.0 Å². The zero-order chi connectivity index (χ0) is 15.2. The number of carboxylic acids is 1. The summed E-state index contributed by atoms with van der Waals surface area (Å²) in [5.74, 6) is -0.987. The summed E-state index contributed by atoms with van der Waals surface area (Å²) in [6.45, 7) is 1.83. The molecule has 1 aliphatic carbocycles. The number of hydrogen-bond acceptors (Lipinski definition) is 3. The summed E-state index contributed by atoms with van der Waals surface area (Å²) in [7, 11) is 1.76. The monoisotopic (exact) mass is 298 g/mol. The average molecular weight is 298 g/mol. The Labute approximate surface area is 125 Å². The van der Waals surface area contributed by atoms with E-state index in [9.17, 15) is 9.59 Å². The second-order valence-electron chi connectivity index (χ2n) is 6.19. The molecule has 0 aromatic heterocycles. The smallest absolute Gasteiger partial charge is 0.317 e. The maximum absolute atomic E-state index is 12.1. The second-order valence-corrected chi connectivity index (χ2v) is 6.19. The highest BCUT2D eigenvalue weighted by molar-refractivity contribution is 5.74. The Hall–Kier alpha value is -1.30. The number of nitrogens with zero attached hydrogens (tertiary/aromatic N) is 1. The van der Waals surface area contributed by atoms with Gasteiger partial charge in [0.05, 0.1) is 12.0 Å². The van der Waals surface area contributed by atoms with E-state index in [-0.39, 0.29) is 24.0 Å². The lowest BCUT2D eigenvalue weighted by molar-refractivity contribution is -0.142. The largest absolute Gasteiger partial charge is 0.481 e. The highest BCUT2D eigenvalue weighted by atomic mass is 16.5. The lowest BCUT2D eigenvalue weighted by Crippen LogP contribution is -2.44. The van der Waals surface area contributed by atoms with E-state index in [0.29, 0.717) is 13.1 Å². The van der Waals surface area contributed by atoms with Gasteiger partial charge in [0.2, 0.25) is 0 Å². The lowest BCUT2D eigenvalue weighted by Gasteiger charge is -2.28. The minimum atomic E-state index is -0.740. The Kier molecular flexibility index (Phi) is 5.85. The van der Waals surface area contributed by atoms with Gasteiger partial charge >= 0.3 is 12.0 Å². The lowest BCUT2D eigenvalue weighted by atomic mass is 9.96. The van der Waals surface area contributed by atoms with Gasteiger partial charge in [0.15, 0.2) is 0 Å². The van der Waals surface area contributed by atoms with Crippen molar-refractivity contribution in [3.05, 3.63) is 0 Å². The number of carbonyl (C=O) groups is 2. The molecule has 0 aromatic carbocycles. The summed E-state index contributed by atoms with van der Waals surface area (Å²) in [6.07, 6.45) is 5.93. The van der Waals surface area contributed by atoms with Crippen LogP contribution in [0.5, 0.6) is 0 Å². The fraction of sp³-hybridized carbons (Fsp3) is 0.867. The third-order valence-electron chi connectivity index (χ3n) is 4.59. The van der Waals surface area contributed by atoms with Gasteiger partial charge in [-0.25, -0.2) is 4.79 Å². The summed E-state index contributed by atoms with van der Waals surface area (Å²) in [6, 6.07) is -0.139. The van der Waals surface area contributed by atoms with Gasteiger partial charge in [-0.1, -0.05) is 6.42 Å². The molecule has 0 spiro atoms. The Balaban J connectivity index is 1.71. The average Bonchev–Trinajstić information content (AvgIpc) is 2.94. The maximum Gasteiger partial charge on any atom is 0.317 e. The van der Waals surface area contributed by atoms with Crippen LogP contribution in [0.15, 0.2) is 0 Å². The fourth-order valence-electron chi connectivity index (χ4n) is 3.30. The molecule has 1 saturated heterocycles. The predicted octanol–water partition coefficient (Wildman–Crippen LogP) is 1.70. The van der Waals surface area contributed by atoms with Crippen molar-refractivity contribution in [1.29, 1.82) is 0 Å². The van der Waals surface area contributed by atoms with Crippen molar-refractivity contribution in [1.82, 2.24) is 10.2 Å². The van der Waals surface area contributed by atoms with E-state index in [0.717, 1.165) is 45.1 Å². The Morgan fingerprint density at radius 1 is 1.24 bits per heavy atom. The standard InChI is InChI=1S/C15H26N2O4/c1-17(10-12-6-2-3-8-21-12)15(20)16-9-11-5-4-7-13(11)14(18)19/h11-13H,2-10H2,1H3,(H,16,20)(H,18,19). The Morgan fingerprint density at radius 3 is 2.71 bits per heavy atom. The number of ether oxygens (including phenoxy) is 1. The van der Waals surface area contributed by atoms with Gasteiger partial charge in [0, 0.05) is 26.7 Å². The van der Waals surface area contributed by atoms with Crippen molar-refractivity contribution < 1.29 is 19.4 Å². The van der Waals surface area contributed by atoms with E-state index in [2.05, 4.69) is 5.32 Å². The highest BCUT2D eigenvalue weighted by Crippen LogP contribution is 2.31. The van der Waals surface area contributed by atoms with Crippen LogP contribution in [-0.2, 0) is 9.53 Å². The zero-order valence-corrected chi connectivity index (χ0v) is 12.7. The molecule has 2 aliphatic rings. The SMILES string of the molecule is CN(CC1CCCCO1)C(=O)NCC1CCCC1C(=O)O. The van der Waals surface area contributed by atoms with E-state index < -0.39 is 5.97 Å². The van der Waals surface area contributed by atoms with Crippen molar-refractivity contribution in [2.45, 2.75) is 44.6 Å². The summed E-state index contributed by atoms with van der Waals surface area (Å²) in [5, 5.41) is 12.0. The van der Waals surface area contributed by atoms with Crippen molar-refractivity contribution in [2.24, 2.45) is 11.8 Å². The van der Waals surface area contributed by atoms with Crippen molar-refractivity contribution >= 4 is 12.0 Å². The van der Waals surface area contributed by atoms with Gasteiger partial charge in [0.1, 0.15) is 0 Å². The van der Waals surface area contributed by atoms with Crippen LogP contribution in [0, 0.1) is 11.8 Å². The van der Waals surface area contributed by atoms with Crippen LogP contribution in [0.3, 0.4) is 0 Å². The Morgan fingerprint density at radius 2 is 2.05 bits per heavy atom. The number of aliphatic carboxylic acids is 1. The first-order valence-electron chi connectivity index (χ1n) is 7.91. The molecule has 6 heteroatoms. The normalized spacial score (nSPS) is 29.1. The molecule has 0 radical (unpaired) electrons. The third kappa shape index (κ3) is 4.59. The van der Waals surface area contributed by atoms with Crippen molar-refractivity contribution in [3.63, 3.8) is 0 Å². The molecule has 1 heterocycles. The zero-order valence-electron chi connectivity index (χ0n) is 12.7. The molecule has 0 bridgehead atoms. The quantitative estimate of drug-likeness (QED) is 0.809. The molecule has 21 heavy (non-hydrogen) atoms. The first-order chi connectivity index (χ1) is 10.1. The van der Waals surface area contributed by atoms with Gasteiger partial charge in [-0.3, -0.25) is 4.79 Å². The van der Waals surface area contributed by atoms with Crippen LogP contribution in [0.25, 0.3) is 0 Å². The van der Waals surface area contributed by atoms with Crippen molar-refractivity contribution in [3.8, 4) is 0 Å². The van der Waals surface area contributed by atoms with Crippen LogP contribution >= 0.6 is 0 Å². The molecule has 120 valence electrons. The van der Waals surface area contributed by atoms with Crippen LogP contribution < -0.4 is 5.32 Å². The summed E-state index contributed by atoms with van der Waals surface area (Å²) in [5.41, 5.74) is 0. The van der Waals surface area contributed by atoms with E-state index in [4.69, 9.17) is 9.84 Å². The topological polar surface area (TPSA) is 78.9 Å². The molecule has 0 aromatic rings. The molecule has 1 saturated carbocycles. The van der Waals surface area contributed by atoms with E-state index in [1.165, 1.54) is 0 Å². The summed E-state index contributed by atoms with van der Waals surface area (Å²) >= 11 is 0. The van der Waals surface area contributed by atoms with E-state index >= 15 is 0 Å². The molecule has 1 aliphatic heterocycles. The molecular weight excluding hydrogens is 272 g/mol. The van der Waals surface area contributed by atoms with Crippen LogP contribution in [0.2, 0.25) is 0 Å². The number of nitrogens with one attached hydrogen (secondary N) is 1. The second kappa shape index (κ2) is 7.64. The van der Waals surface area contributed by atoms with Crippen LogP contribution in [-0.4, -0.2) is 54.9 Å². The minimum absolute atomic E-state index is 0.0609. The number of urea groups is 1. The van der Waals surface area contributed by atoms with Gasteiger partial charge in [-0.15, -0.1) is 0 Å². The fourth-order valence-corrected chi connectivity index (χ4v) is 3.30. The number of carbonyl (C=O) groups excluding carboxylic acids is 1. The number of rotatable bonds is 5. The minimum Gasteiger partial charge on any atom is -0.481 e. The molecule has 2 N–H and O–H groups in total. The molecule has 2 fully saturated rings. The first-order valence-corrected chi connectivity index (χ1v) is 7.91. The van der Waals surface area contributed by atoms with Crippen LogP contribution in [0.4, 0.5) is 4.79 Å². The van der Waals surface area contributed by atoms with E-state index in [1.807, 2.05) is 0 Å². The summed E-state index contributed by atoms with van der Waals surface area (Å²) < 4.78 is 5.63. The van der Waals surface area contributed by atoms with Gasteiger partial charge in [0.25, 0.3) is 0 Å².